The van der Waals surface area contributed by atoms with Crippen molar-refractivity contribution in [2.45, 2.75) is 51.9 Å². The van der Waals surface area contributed by atoms with Crippen LogP contribution in [0.1, 0.15) is 51.9 Å². The van der Waals surface area contributed by atoms with Crippen LogP contribution < -0.4 is 5.32 Å². The molecular formula is C19H37N3. The van der Waals surface area contributed by atoms with Gasteiger partial charge in [0.05, 0.1) is 0 Å². The first kappa shape index (κ1) is 16.7. The topological polar surface area (TPSA) is 18.5 Å². The van der Waals surface area contributed by atoms with Crippen LogP contribution in [0.2, 0.25) is 0 Å². The van der Waals surface area contributed by atoms with Gasteiger partial charge in [-0.2, -0.15) is 0 Å². The van der Waals surface area contributed by atoms with Crippen LogP contribution in [0.3, 0.4) is 0 Å². The lowest BCUT2D eigenvalue weighted by Gasteiger charge is -2.36. The molecule has 0 spiro atoms. The molecule has 22 heavy (non-hydrogen) atoms. The SMILES string of the molecule is CCN(CCC1CCN(CC2CCCNC2)CC1)CC1CC1. The van der Waals surface area contributed by atoms with Crippen molar-refractivity contribution in [1.82, 2.24) is 15.1 Å². The number of hydrogen-bond acceptors (Lipinski definition) is 3. The second-order valence-corrected chi connectivity index (χ2v) is 8.08. The Kier molecular flexibility index (Phi) is 6.58. The molecule has 1 saturated carbocycles. The van der Waals surface area contributed by atoms with Crippen LogP contribution in [0.5, 0.6) is 0 Å². The minimum Gasteiger partial charge on any atom is -0.316 e. The molecule has 0 aromatic heterocycles. The smallest absolute Gasteiger partial charge is 0.00218 e. The molecule has 0 amide bonds. The molecule has 1 N–H and O–H groups in total. The molecule has 2 aliphatic heterocycles. The van der Waals surface area contributed by atoms with Crippen LogP contribution in [0.15, 0.2) is 0 Å². The Balaban J connectivity index is 1.29. The third-order valence-electron chi connectivity index (χ3n) is 6.14. The molecule has 1 unspecified atom stereocenters. The fourth-order valence-electron chi connectivity index (χ4n) is 4.31. The molecule has 3 aliphatic rings. The molecule has 0 radical (unpaired) electrons. The van der Waals surface area contributed by atoms with Gasteiger partial charge in [-0.3, -0.25) is 0 Å². The molecule has 2 saturated heterocycles. The first-order valence-electron chi connectivity index (χ1n) is 9.99. The number of piperidine rings is 2. The lowest BCUT2D eigenvalue weighted by molar-refractivity contribution is 0.138. The van der Waals surface area contributed by atoms with E-state index in [1.165, 1.54) is 97.3 Å². The van der Waals surface area contributed by atoms with Gasteiger partial charge in [0.15, 0.2) is 0 Å². The summed E-state index contributed by atoms with van der Waals surface area (Å²) < 4.78 is 0. The predicted molar refractivity (Wildman–Crippen MR) is 94.2 cm³/mol. The first-order chi connectivity index (χ1) is 10.8. The maximum Gasteiger partial charge on any atom is 0.00218 e. The summed E-state index contributed by atoms with van der Waals surface area (Å²) in [6.45, 7) is 12.9. The van der Waals surface area contributed by atoms with Gasteiger partial charge in [0.1, 0.15) is 0 Å². The Bertz CT molecular complexity index is 302. The van der Waals surface area contributed by atoms with Crippen LogP contribution in [-0.2, 0) is 0 Å². The van der Waals surface area contributed by atoms with E-state index in [0.717, 1.165) is 17.8 Å². The largest absolute Gasteiger partial charge is 0.316 e. The summed E-state index contributed by atoms with van der Waals surface area (Å²) in [5.74, 6) is 2.96. The van der Waals surface area contributed by atoms with Crippen LogP contribution in [0.25, 0.3) is 0 Å². The number of rotatable bonds is 8. The Labute approximate surface area is 137 Å². The van der Waals surface area contributed by atoms with Crippen molar-refractivity contribution in [3.8, 4) is 0 Å². The van der Waals surface area contributed by atoms with Crippen LogP contribution in [0, 0.1) is 17.8 Å². The van der Waals surface area contributed by atoms with Crippen molar-refractivity contribution in [2.75, 3.05) is 52.4 Å². The van der Waals surface area contributed by atoms with E-state index in [2.05, 4.69) is 22.0 Å². The second kappa shape index (κ2) is 8.65. The van der Waals surface area contributed by atoms with Crippen molar-refractivity contribution in [3.05, 3.63) is 0 Å². The van der Waals surface area contributed by atoms with Gasteiger partial charge in [-0.05, 0) is 102 Å². The van der Waals surface area contributed by atoms with Gasteiger partial charge in [-0.15, -0.1) is 0 Å². The predicted octanol–water partition coefficient (Wildman–Crippen LogP) is 2.82. The lowest BCUT2D eigenvalue weighted by Crippen LogP contribution is -2.42. The normalized spacial score (nSPS) is 28.4. The molecule has 3 heteroatoms. The number of hydrogen-bond donors (Lipinski definition) is 1. The summed E-state index contributed by atoms with van der Waals surface area (Å²) in [4.78, 5) is 5.45. The van der Waals surface area contributed by atoms with Crippen molar-refractivity contribution < 1.29 is 0 Å². The van der Waals surface area contributed by atoms with Crippen LogP contribution >= 0.6 is 0 Å². The van der Waals surface area contributed by atoms with E-state index in [4.69, 9.17) is 0 Å². The highest BCUT2D eigenvalue weighted by Gasteiger charge is 2.25. The summed E-state index contributed by atoms with van der Waals surface area (Å²) in [6, 6.07) is 0. The highest BCUT2D eigenvalue weighted by atomic mass is 15.1. The van der Waals surface area contributed by atoms with Gasteiger partial charge in [-0.25, -0.2) is 0 Å². The van der Waals surface area contributed by atoms with E-state index < -0.39 is 0 Å². The number of likely N-dealkylation sites (tertiary alicyclic amines) is 1. The van der Waals surface area contributed by atoms with Gasteiger partial charge in [0.2, 0.25) is 0 Å². The van der Waals surface area contributed by atoms with E-state index in [0.29, 0.717) is 0 Å². The minimum absolute atomic E-state index is 0.916. The molecule has 1 atom stereocenters. The zero-order valence-corrected chi connectivity index (χ0v) is 14.7. The van der Waals surface area contributed by atoms with Gasteiger partial charge in [0, 0.05) is 13.1 Å². The Hall–Kier alpha value is -0.120. The summed E-state index contributed by atoms with van der Waals surface area (Å²) in [5, 5.41) is 3.56. The monoisotopic (exact) mass is 307 g/mol. The molecular weight excluding hydrogens is 270 g/mol. The second-order valence-electron chi connectivity index (χ2n) is 8.08. The molecule has 3 nitrogen and oxygen atoms in total. The molecule has 3 rings (SSSR count). The Morgan fingerprint density at radius 2 is 1.82 bits per heavy atom. The van der Waals surface area contributed by atoms with Gasteiger partial charge >= 0.3 is 0 Å². The maximum atomic E-state index is 3.56. The summed E-state index contributed by atoms with van der Waals surface area (Å²) in [7, 11) is 0. The standard InChI is InChI=1S/C19H37N3/c1-2-21(15-18-5-6-18)11-7-17-8-12-22(13-9-17)16-19-4-3-10-20-14-19/h17-20H,2-16H2,1H3. The van der Waals surface area contributed by atoms with E-state index in [1.54, 1.807) is 0 Å². The fraction of sp³-hybridized carbons (Fsp3) is 1.00. The van der Waals surface area contributed by atoms with Crippen LogP contribution in [0.4, 0.5) is 0 Å². The molecule has 0 bridgehead atoms. The maximum absolute atomic E-state index is 3.56. The molecule has 0 aromatic carbocycles. The highest BCUT2D eigenvalue weighted by Crippen LogP contribution is 2.30. The zero-order chi connectivity index (χ0) is 15.2. The van der Waals surface area contributed by atoms with E-state index >= 15 is 0 Å². The molecule has 0 aromatic rings. The molecule has 1 aliphatic carbocycles. The van der Waals surface area contributed by atoms with Gasteiger partial charge in [0.25, 0.3) is 0 Å². The number of nitrogens with zero attached hydrogens (tertiary/aromatic N) is 2. The summed E-state index contributed by atoms with van der Waals surface area (Å²) >= 11 is 0. The van der Waals surface area contributed by atoms with Gasteiger partial charge in [-0.1, -0.05) is 6.92 Å². The lowest BCUT2D eigenvalue weighted by atomic mass is 9.91. The quantitative estimate of drug-likeness (QED) is 0.744. The van der Waals surface area contributed by atoms with E-state index in [9.17, 15) is 0 Å². The first-order valence-corrected chi connectivity index (χ1v) is 9.99. The molecule has 2 heterocycles. The summed E-state index contributed by atoms with van der Waals surface area (Å²) in [6.07, 6.45) is 10.1. The van der Waals surface area contributed by atoms with Crippen molar-refractivity contribution in [1.29, 1.82) is 0 Å². The zero-order valence-electron chi connectivity index (χ0n) is 14.7. The third-order valence-corrected chi connectivity index (χ3v) is 6.14. The highest BCUT2D eigenvalue weighted by molar-refractivity contribution is 4.80. The van der Waals surface area contributed by atoms with Crippen LogP contribution in [-0.4, -0.2) is 62.2 Å². The number of nitrogens with one attached hydrogen (secondary N) is 1. The summed E-state index contributed by atoms with van der Waals surface area (Å²) in [5.41, 5.74) is 0. The fourth-order valence-corrected chi connectivity index (χ4v) is 4.31. The van der Waals surface area contributed by atoms with Gasteiger partial charge < -0.3 is 15.1 Å². The van der Waals surface area contributed by atoms with Crippen molar-refractivity contribution >= 4 is 0 Å². The Morgan fingerprint density at radius 3 is 2.45 bits per heavy atom. The van der Waals surface area contributed by atoms with Crippen molar-refractivity contribution in [3.63, 3.8) is 0 Å². The average molecular weight is 308 g/mol. The Morgan fingerprint density at radius 1 is 1.00 bits per heavy atom. The molecule has 3 fully saturated rings. The molecule has 128 valence electrons. The third kappa shape index (κ3) is 5.50. The van der Waals surface area contributed by atoms with Crippen molar-refractivity contribution in [2.24, 2.45) is 17.8 Å². The van der Waals surface area contributed by atoms with E-state index in [1.807, 2.05) is 0 Å². The minimum atomic E-state index is 0.916. The van der Waals surface area contributed by atoms with E-state index in [-0.39, 0.29) is 0 Å². The average Bonchev–Trinajstić information content (AvgIpc) is 3.38.